The molecule has 0 unspecified atom stereocenters. The molecular weight excluding hydrogens is 244 g/mol. The van der Waals surface area contributed by atoms with Crippen molar-refractivity contribution >= 4 is 5.91 Å². The summed E-state index contributed by atoms with van der Waals surface area (Å²) in [6, 6.07) is 1.69. The smallest absolute Gasteiger partial charge is 0.236 e. The molecule has 2 N–H and O–H groups in total. The lowest BCUT2D eigenvalue weighted by Gasteiger charge is -2.16. The lowest BCUT2D eigenvalue weighted by molar-refractivity contribution is -0.123. The van der Waals surface area contributed by atoms with Gasteiger partial charge in [0.05, 0.1) is 18.7 Å². The van der Waals surface area contributed by atoms with Crippen LogP contribution in [0.25, 0.3) is 0 Å². The van der Waals surface area contributed by atoms with Crippen LogP contribution in [0.5, 0.6) is 0 Å². The van der Waals surface area contributed by atoms with Gasteiger partial charge in [0.15, 0.2) is 0 Å². The van der Waals surface area contributed by atoms with Gasteiger partial charge in [0.1, 0.15) is 0 Å². The Morgan fingerprint density at radius 1 is 1.63 bits per heavy atom. The van der Waals surface area contributed by atoms with Gasteiger partial charge in [0, 0.05) is 32.1 Å². The van der Waals surface area contributed by atoms with E-state index in [-0.39, 0.29) is 18.1 Å². The zero-order valence-corrected chi connectivity index (χ0v) is 11.3. The topological polar surface area (TPSA) is 68.2 Å². The van der Waals surface area contributed by atoms with Crippen molar-refractivity contribution in [3.05, 3.63) is 18.5 Å². The average Bonchev–Trinajstić information content (AvgIpc) is 3.08. The van der Waals surface area contributed by atoms with Crippen molar-refractivity contribution in [1.29, 1.82) is 0 Å². The Morgan fingerprint density at radius 2 is 2.53 bits per heavy atom. The highest BCUT2D eigenvalue weighted by Crippen LogP contribution is 2.10. The van der Waals surface area contributed by atoms with E-state index in [2.05, 4.69) is 15.7 Å². The van der Waals surface area contributed by atoms with E-state index in [1.54, 1.807) is 6.20 Å². The molecule has 1 amide bonds. The second kappa shape index (κ2) is 7.25. The van der Waals surface area contributed by atoms with Crippen molar-refractivity contribution in [2.45, 2.75) is 38.5 Å². The molecule has 1 aromatic heterocycles. The van der Waals surface area contributed by atoms with Gasteiger partial charge in [-0.2, -0.15) is 5.10 Å². The molecule has 19 heavy (non-hydrogen) atoms. The summed E-state index contributed by atoms with van der Waals surface area (Å²) < 4.78 is 7.30. The van der Waals surface area contributed by atoms with Gasteiger partial charge >= 0.3 is 0 Å². The van der Waals surface area contributed by atoms with Crippen LogP contribution in [0.1, 0.15) is 19.8 Å². The van der Waals surface area contributed by atoms with E-state index < -0.39 is 0 Å². The fraction of sp³-hybridized carbons (Fsp3) is 0.692. The number of hydrogen-bond acceptors (Lipinski definition) is 4. The first-order chi connectivity index (χ1) is 9.25. The van der Waals surface area contributed by atoms with E-state index in [0.717, 1.165) is 32.5 Å². The molecule has 1 aliphatic heterocycles. The number of carbonyl (C=O) groups is 1. The zero-order chi connectivity index (χ0) is 13.5. The zero-order valence-electron chi connectivity index (χ0n) is 11.3. The fourth-order valence-corrected chi connectivity index (χ4v) is 2.09. The molecule has 2 heterocycles. The molecule has 2 atom stereocenters. The standard InChI is InChI=1S/C13H22N4O2/c1-11(14-6-8-17-7-3-5-16-17)13(18)15-10-12-4-2-9-19-12/h3,5,7,11-12,14H,2,4,6,8-10H2,1H3,(H,15,18)/t11-,12+/m1/s1. The third-order valence-corrected chi connectivity index (χ3v) is 3.27. The van der Waals surface area contributed by atoms with Crippen LogP contribution in [0, 0.1) is 0 Å². The summed E-state index contributed by atoms with van der Waals surface area (Å²) >= 11 is 0. The average molecular weight is 266 g/mol. The molecule has 1 aromatic rings. The number of nitrogens with zero attached hydrogens (tertiary/aromatic N) is 2. The molecule has 6 heteroatoms. The molecule has 2 rings (SSSR count). The maximum Gasteiger partial charge on any atom is 0.236 e. The normalized spacial score (nSPS) is 20.4. The number of aromatic nitrogens is 2. The first-order valence-electron chi connectivity index (χ1n) is 6.86. The Morgan fingerprint density at radius 3 is 3.21 bits per heavy atom. The van der Waals surface area contributed by atoms with Crippen LogP contribution >= 0.6 is 0 Å². The van der Waals surface area contributed by atoms with Crippen molar-refractivity contribution in [2.24, 2.45) is 0 Å². The van der Waals surface area contributed by atoms with E-state index >= 15 is 0 Å². The number of rotatable bonds is 7. The molecule has 0 radical (unpaired) electrons. The van der Waals surface area contributed by atoms with Gasteiger partial charge in [-0.15, -0.1) is 0 Å². The van der Waals surface area contributed by atoms with Crippen molar-refractivity contribution < 1.29 is 9.53 Å². The Labute approximate surface area is 113 Å². The first kappa shape index (κ1) is 14.0. The van der Waals surface area contributed by atoms with Crippen LogP contribution in [0.4, 0.5) is 0 Å². The maximum absolute atomic E-state index is 11.8. The molecular formula is C13H22N4O2. The van der Waals surface area contributed by atoms with Crippen molar-refractivity contribution in [3.63, 3.8) is 0 Å². The van der Waals surface area contributed by atoms with Gasteiger partial charge in [-0.05, 0) is 25.8 Å². The lowest BCUT2D eigenvalue weighted by atomic mass is 10.2. The summed E-state index contributed by atoms with van der Waals surface area (Å²) in [5.41, 5.74) is 0. The lowest BCUT2D eigenvalue weighted by Crippen LogP contribution is -2.45. The maximum atomic E-state index is 11.8. The Kier molecular flexibility index (Phi) is 5.35. The van der Waals surface area contributed by atoms with Crippen LogP contribution in [0.3, 0.4) is 0 Å². The summed E-state index contributed by atoms with van der Waals surface area (Å²) in [7, 11) is 0. The molecule has 0 aromatic carbocycles. The van der Waals surface area contributed by atoms with E-state index in [4.69, 9.17) is 4.74 Å². The summed E-state index contributed by atoms with van der Waals surface area (Å²) in [5, 5.41) is 10.2. The highest BCUT2D eigenvalue weighted by molar-refractivity contribution is 5.81. The molecule has 0 saturated carbocycles. The Balaban J connectivity index is 1.58. The molecule has 1 fully saturated rings. The molecule has 1 aliphatic rings. The van der Waals surface area contributed by atoms with Gasteiger partial charge in [0.2, 0.25) is 5.91 Å². The van der Waals surface area contributed by atoms with Gasteiger partial charge < -0.3 is 15.4 Å². The van der Waals surface area contributed by atoms with Crippen molar-refractivity contribution in [3.8, 4) is 0 Å². The summed E-state index contributed by atoms with van der Waals surface area (Å²) in [5.74, 6) is 0.0240. The van der Waals surface area contributed by atoms with Gasteiger partial charge in [0.25, 0.3) is 0 Å². The number of ether oxygens (including phenoxy) is 1. The number of hydrogen-bond donors (Lipinski definition) is 2. The first-order valence-corrected chi connectivity index (χ1v) is 6.86. The molecule has 106 valence electrons. The minimum Gasteiger partial charge on any atom is -0.376 e. The van der Waals surface area contributed by atoms with Crippen LogP contribution in [-0.2, 0) is 16.1 Å². The predicted molar refractivity (Wildman–Crippen MR) is 71.7 cm³/mol. The highest BCUT2D eigenvalue weighted by Gasteiger charge is 2.18. The minimum atomic E-state index is -0.197. The highest BCUT2D eigenvalue weighted by atomic mass is 16.5. The number of amides is 1. The SMILES string of the molecule is C[C@@H](NCCn1cccn1)C(=O)NC[C@@H]1CCCO1. The van der Waals surface area contributed by atoms with Crippen LogP contribution in [-0.4, -0.2) is 47.5 Å². The predicted octanol–water partition coefficient (Wildman–Crippen LogP) is 0.156. The fourth-order valence-electron chi connectivity index (χ4n) is 2.09. The largest absolute Gasteiger partial charge is 0.376 e. The van der Waals surface area contributed by atoms with Gasteiger partial charge in [-0.1, -0.05) is 0 Å². The molecule has 6 nitrogen and oxygen atoms in total. The van der Waals surface area contributed by atoms with Crippen LogP contribution in [0.15, 0.2) is 18.5 Å². The second-order valence-electron chi connectivity index (χ2n) is 4.83. The number of nitrogens with one attached hydrogen (secondary N) is 2. The monoisotopic (exact) mass is 266 g/mol. The third kappa shape index (κ3) is 4.65. The molecule has 0 spiro atoms. The Hall–Kier alpha value is -1.40. The van der Waals surface area contributed by atoms with Crippen molar-refractivity contribution in [1.82, 2.24) is 20.4 Å². The van der Waals surface area contributed by atoms with Gasteiger partial charge in [-0.3, -0.25) is 9.48 Å². The molecule has 1 saturated heterocycles. The quantitative estimate of drug-likeness (QED) is 0.737. The van der Waals surface area contributed by atoms with E-state index in [1.165, 1.54) is 0 Å². The number of carbonyl (C=O) groups excluding carboxylic acids is 1. The van der Waals surface area contributed by atoms with E-state index in [9.17, 15) is 4.79 Å². The summed E-state index contributed by atoms with van der Waals surface area (Å²) in [4.78, 5) is 11.8. The third-order valence-electron chi connectivity index (χ3n) is 3.27. The van der Waals surface area contributed by atoms with E-state index in [0.29, 0.717) is 6.54 Å². The van der Waals surface area contributed by atoms with Gasteiger partial charge in [-0.25, -0.2) is 0 Å². The van der Waals surface area contributed by atoms with Crippen molar-refractivity contribution in [2.75, 3.05) is 19.7 Å². The molecule has 0 bridgehead atoms. The minimum absolute atomic E-state index is 0.0240. The second-order valence-corrected chi connectivity index (χ2v) is 4.83. The summed E-state index contributed by atoms with van der Waals surface area (Å²) in [6.07, 6.45) is 5.99. The van der Waals surface area contributed by atoms with Crippen LogP contribution < -0.4 is 10.6 Å². The molecule has 0 aliphatic carbocycles. The summed E-state index contributed by atoms with van der Waals surface area (Å²) in [6.45, 7) is 4.78. The Bertz CT molecular complexity index is 374. The van der Waals surface area contributed by atoms with E-state index in [1.807, 2.05) is 23.9 Å². The van der Waals surface area contributed by atoms with Crippen LogP contribution in [0.2, 0.25) is 0 Å².